The maximum atomic E-state index is 12.7. The highest BCUT2D eigenvalue weighted by Gasteiger charge is 2.37. The molecule has 7 heteroatoms. The Bertz CT molecular complexity index is 816. The number of aromatic nitrogens is 1. The number of hydrogen-bond donors (Lipinski definition) is 1. The van der Waals surface area contributed by atoms with E-state index in [9.17, 15) is 4.79 Å². The Kier molecular flexibility index (Phi) is 6.25. The van der Waals surface area contributed by atoms with Crippen molar-refractivity contribution in [2.45, 2.75) is 25.2 Å². The highest BCUT2D eigenvalue weighted by molar-refractivity contribution is 6.33. The smallest absolute Gasteiger partial charge is 0.251 e. The molecule has 1 aliphatic rings. The van der Waals surface area contributed by atoms with Crippen molar-refractivity contribution >= 4 is 29.1 Å². The van der Waals surface area contributed by atoms with E-state index in [1.54, 1.807) is 7.11 Å². The maximum Gasteiger partial charge on any atom is 0.251 e. The number of ether oxygens (including phenoxy) is 2. The fourth-order valence-electron chi connectivity index (χ4n) is 3.49. The van der Waals surface area contributed by atoms with Gasteiger partial charge in [0.2, 0.25) is 0 Å². The number of nitrogens with one attached hydrogen (secondary N) is 1. The van der Waals surface area contributed by atoms with Crippen LogP contribution in [0.2, 0.25) is 10.3 Å². The van der Waals surface area contributed by atoms with Crippen molar-refractivity contribution in [3.05, 3.63) is 57.3 Å². The van der Waals surface area contributed by atoms with Crippen molar-refractivity contribution in [3.63, 3.8) is 0 Å². The molecule has 5 nitrogen and oxygen atoms in total. The second kappa shape index (κ2) is 8.46. The van der Waals surface area contributed by atoms with Crippen molar-refractivity contribution in [2.75, 3.05) is 26.9 Å². The zero-order chi connectivity index (χ0) is 19.4. The molecule has 1 amide bonds. The van der Waals surface area contributed by atoms with Crippen molar-refractivity contribution in [1.29, 1.82) is 0 Å². The van der Waals surface area contributed by atoms with Gasteiger partial charge in [-0.25, -0.2) is 4.98 Å². The summed E-state index contributed by atoms with van der Waals surface area (Å²) >= 11 is 11.8. The number of amides is 1. The Balaban J connectivity index is 1.88. The lowest BCUT2D eigenvalue weighted by Gasteiger charge is -2.38. The van der Waals surface area contributed by atoms with E-state index in [4.69, 9.17) is 32.7 Å². The van der Waals surface area contributed by atoms with Crippen molar-refractivity contribution in [1.82, 2.24) is 10.3 Å². The summed E-state index contributed by atoms with van der Waals surface area (Å²) in [6.45, 7) is 3.79. The van der Waals surface area contributed by atoms with Crippen LogP contribution in [0.4, 0.5) is 0 Å². The molecule has 0 unspecified atom stereocenters. The van der Waals surface area contributed by atoms with E-state index in [-0.39, 0.29) is 21.6 Å². The van der Waals surface area contributed by atoms with Gasteiger partial charge in [-0.3, -0.25) is 4.79 Å². The minimum atomic E-state index is -0.258. The molecule has 0 atom stereocenters. The summed E-state index contributed by atoms with van der Waals surface area (Å²) in [5.74, 6) is 0.588. The predicted octanol–water partition coefficient (Wildman–Crippen LogP) is 4.18. The molecule has 0 aliphatic carbocycles. The number of nitrogens with zero attached hydrogens (tertiary/aromatic N) is 1. The molecule has 0 radical (unpaired) electrons. The zero-order valence-electron chi connectivity index (χ0n) is 15.4. The van der Waals surface area contributed by atoms with Gasteiger partial charge >= 0.3 is 0 Å². The van der Waals surface area contributed by atoms with Crippen LogP contribution in [0.1, 0.15) is 34.3 Å². The van der Waals surface area contributed by atoms with Crippen LogP contribution >= 0.6 is 23.2 Å². The molecule has 1 saturated heterocycles. The van der Waals surface area contributed by atoms with Crippen LogP contribution in [-0.2, 0) is 10.2 Å². The number of rotatable bonds is 5. The number of methoxy groups -OCH3 is 1. The molecule has 1 N–H and O–H groups in total. The Morgan fingerprint density at radius 3 is 2.52 bits per heavy atom. The summed E-state index contributed by atoms with van der Waals surface area (Å²) < 4.78 is 11.2. The molecule has 0 spiro atoms. The Morgan fingerprint density at radius 2 is 1.89 bits per heavy atom. The standard InChI is InChI=1S/C20H22Cl2N2O3/c1-13-3-4-16(26-2)15(9-13)20(5-7-27-8-6-20)12-23-19(25)14-10-17(21)24-18(22)11-14/h3-4,9-11H,5-8,12H2,1-2H3,(H,23,25). The van der Waals surface area contributed by atoms with Gasteiger partial charge in [-0.2, -0.15) is 0 Å². The first-order chi connectivity index (χ1) is 12.9. The fourth-order valence-corrected chi connectivity index (χ4v) is 3.95. The molecule has 144 valence electrons. The average molecular weight is 409 g/mol. The first-order valence-electron chi connectivity index (χ1n) is 8.78. The van der Waals surface area contributed by atoms with Crippen LogP contribution in [0.25, 0.3) is 0 Å². The van der Waals surface area contributed by atoms with Gasteiger partial charge < -0.3 is 14.8 Å². The van der Waals surface area contributed by atoms with Crippen LogP contribution in [0.3, 0.4) is 0 Å². The molecule has 1 aromatic carbocycles. The van der Waals surface area contributed by atoms with E-state index < -0.39 is 0 Å². The number of hydrogen-bond acceptors (Lipinski definition) is 4. The number of halogens is 2. The van der Waals surface area contributed by atoms with Gasteiger partial charge in [0.05, 0.1) is 7.11 Å². The van der Waals surface area contributed by atoms with Gasteiger partial charge in [0.15, 0.2) is 0 Å². The van der Waals surface area contributed by atoms with E-state index in [1.165, 1.54) is 12.1 Å². The molecule has 3 rings (SSSR count). The lowest BCUT2D eigenvalue weighted by Crippen LogP contribution is -2.44. The topological polar surface area (TPSA) is 60.5 Å². The number of carbonyl (C=O) groups excluding carboxylic acids is 1. The van der Waals surface area contributed by atoms with E-state index >= 15 is 0 Å². The summed E-state index contributed by atoms with van der Waals surface area (Å²) in [6, 6.07) is 9.15. The molecule has 27 heavy (non-hydrogen) atoms. The lowest BCUT2D eigenvalue weighted by atomic mass is 9.73. The average Bonchev–Trinajstić information content (AvgIpc) is 2.66. The largest absolute Gasteiger partial charge is 0.496 e. The van der Waals surface area contributed by atoms with Crippen LogP contribution in [0.15, 0.2) is 30.3 Å². The fraction of sp³-hybridized carbons (Fsp3) is 0.400. The van der Waals surface area contributed by atoms with E-state index in [0.29, 0.717) is 25.3 Å². The monoisotopic (exact) mass is 408 g/mol. The number of pyridine rings is 1. The molecule has 2 heterocycles. The summed E-state index contributed by atoms with van der Waals surface area (Å²) in [5, 5.41) is 3.42. The van der Waals surface area contributed by atoms with Crippen molar-refractivity contribution in [2.24, 2.45) is 0 Å². The first-order valence-corrected chi connectivity index (χ1v) is 9.53. The minimum Gasteiger partial charge on any atom is -0.496 e. The van der Waals surface area contributed by atoms with Crippen LogP contribution in [0.5, 0.6) is 5.75 Å². The molecule has 1 aliphatic heterocycles. The van der Waals surface area contributed by atoms with E-state index in [2.05, 4.69) is 23.3 Å². The molecule has 1 fully saturated rings. The summed E-state index contributed by atoms with van der Waals surface area (Å²) in [6.07, 6.45) is 1.59. The maximum absolute atomic E-state index is 12.7. The third kappa shape index (κ3) is 4.54. The molecule has 0 saturated carbocycles. The number of aryl methyl sites for hydroxylation is 1. The highest BCUT2D eigenvalue weighted by atomic mass is 35.5. The SMILES string of the molecule is COc1ccc(C)cc1C1(CNC(=O)c2cc(Cl)nc(Cl)c2)CCOCC1. The normalized spacial score (nSPS) is 16.0. The Labute approximate surface area is 169 Å². The number of carbonyl (C=O) groups is 1. The third-order valence-electron chi connectivity index (χ3n) is 4.99. The van der Waals surface area contributed by atoms with Crippen molar-refractivity contribution < 1.29 is 14.3 Å². The minimum absolute atomic E-state index is 0.189. The molecule has 0 bridgehead atoms. The van der Waals surface area contributed by atoms with Gasteiger partial charge in [0, 0.05) is 36.3 Å². The first kappa shape index (κ1) is 19.9. The molecular formula is C20H22Cl2N2O3. The third-order valence-corrected chi connectivity index (χ3v) is 5.38. The second-order valence-electron chi connectivity index (χ2n) is 6.78. The van der Waals surface area contributed by atoms with Gasteiger partial charge in [-0.15, -0.1) is 0 Å². The number of benzene rings is 1. The van der Waals surface area contributed by atoms with Gasteiger partial charge in [-0.05, 0) is 38.0 Å². The van der Waals surface area contributed by atoms with Crippen LogP contribution < -0.4 is 10.1 Å². The van der Waals surface area contributed by atoms with Gasteiger partial charge in [0.1, 0.15) is 16.1 Å². The molecule has 2 aromatic rings. The second-order valence-corrected chi connectivity index (χ2v) is 7.55. The van der Waals surface area contributed by atoms with Crippen molar-refractivity contribution in [3.8, 4) is 5.75 Å². The van der Waals surface area contributed by atoms with Crippen LogP contribution in [0, 0.1) is 6.92 Å². The van der Waals surface area contributed by atoms with Crippen LogP contribution in [-0.4, -0.2) is 37.8 Å². The molecule has 1 aromatic heterocycles. The molecular weight excluding hydrogens is 387 g/mol. The summed E-state index contributed by atoms with van der Waals surface area (Å²) in [4.78, 5) is 16.5. The quantitative estimate of drug-likeness (QED) is 0.753. The summed E-state index contributed by atoms with van der Waals surface area (Å²) in [7, 11) is 1.67. The van der Waals surface area contributed by atoms with Gasteiger partial charge in [-0.1, -0.05) is 40.9 Å². The zero-order valence-corrected chi connectivity index (χ0v) is 16.9. The van der Waals surface area contributed by atoms with E-state index in [0.717, 1.165) is 29.7 Å². The highest BCUT2D eigenvalue weighted by Crippen LogP contribution is 2.40. The predicted molar refractivity (Wildman–Crippen MR) is 106 cm³/mol. The van der Waals surface area contributed by atoms with E-state index in [1.807, 2.05) is 12.1 Å². The van der Waals surface area contributed by atoms with Gasteiger partial charge in [0.25, 0.3) is 5.91 Å². The Hall–Kier alpha value is -1.82. The lowest BCUT2D eigenvalue weighted by molar-refractivity contribution is 0.0479. The summed E-state index contributed by atoms with van der Waals surface area (Å²) in [5.41, 5.74) is 2.37. The Morgan fingerprint density at radius 1 is 1.22 bits per heavy atom.